The maximum atomic E-state index is 14.2. The van der Waals surface area contributed by atoms with Crippen LogP contribution in [0.15, 0.2) is 43.2 Å². The van der Waals surface area contributed by atoms with Crippen LogP contribution in [0.4, 0.5) is 33.2 Å². The number of benzene rings is 1. The molecule has 1 amide bonds. The monoisotopic (exact) mass is 421 g/mol. The molecule has 0 saturated heterocycles. The Morgan fingerprint density at radius 2 is 2.07 bits per heavy atom. The van der Waals surface area contributed by atoms with Gasteiger partial charge in [-0.05, 0) is 24.3 Å². The Bertz CT molecular complexity index is 1050. The molecule has 2 heterocycles. The van der Waals surface area contributed by atoms with Crippen LogP contribution in [-0.2, 0) is 11.8 Å². The van der Waals surface area contributed by atoms with Gasteiger partial charge in [0.15, 0.2) is 11.0 Å². The number of hydrogen-bond acceptors (Lipinski definition) is 6. The third-order valence-corrected chi connectivity index (χ3v) is 4.00. The molecular formula is C17H14Cl2FN7O. The summed E-state index contributed by atoms with van der Waals surface area (Å²) in [4.78, 5) is 19.7. The molecule has 0 aliphatic heterocycles. The Labute approximate surface area is 169 Å². The van der Waals surface area contributed by atoms with Crippen LogP contribution in [0.3, 0.4) is 0 Å². The standard InChI is InChI=1S/C17H14Cl2FN7O/c1-3-14(28)22-9-4-5-11(20)12(6-9)23-16-10(18)7-21-17(25-16)24-13-8-27(2)26-15(13)19/h3-8H,1H2,2H3,(H,22,28)(H2,21,23,24,25). The summed E-state index contributed by atoms with van der Waals surface area (Å²) in [6, 6.07) is 4.02. The molecule has 28 heavy (non-hydrogen) atoms. The second-order valence-corrected chi connectivity index (χ2v) is 6.30. The second kappa shape index (κ2) is 8.24. The number of hydrogen-bond donors (Lipinski definition) is 3. The number of carbonyl (C=O) groups excluding carboxylic acids is 1. The Morgan fingerprint density at radius 3 is 2.75 bits per heavy atom. The molecule has 0 atom stereocenters. The van der Waals surface area contributed by atoms with Gasteiger partial charge in [-0.25, -0.2) is 9.37 Å². The highest BCUT2D eigenvalue weighted by atomic mass is 35.5. The predicted molar refractivity (Wildman–Crippen MR) is 107 cm³/mol. The average Bonchev–Trinajstić information content (AvgIpc) is 2.97. The van der Waals surface area contributed by atoms with E-state index in [9.17, 15) is 9.18 Å². The zero-order chi connectivity index (χ0) is 20.3. The van der Waals surface area contributed by atoms with E-state index in [0.717, 1.165) is 6.08 Å². The fraction of sp³-hybridized carbons (Fsp3) is 0.0588. The smallest absolute Gasteiger partial charge is 0.247 e. The van der Waals surface area contributed by atoms with Gasteiger partial charge >= 0.3 is 0 Å². The normalized spacial score (nSPS) is 10.4. The van der Waals surface area contributed by atoms with Crippen molar-refractivity contribution in [2.75, 3.05) is 16.0 Å². The molecule has 3 aromatic rings. The summed E-state index contributed by atoms with van der Waals surface area (Å²) in [5.41, 5.74) is 0.935. The molecule has 0 aliphatic rings. The van der Waals surface area contributed by atoms with Gasteiger partial charge in [-0.3, -0.25) is 9.48 Å². The van der Waals surface area contributed by atoms with Gasteiger partial charge in [-0.15, -0.1) is 0 Å². The molecule has 8 nitrogen and oxygen atoms in total. The Kier molecular flexibility index (Phi) is 5.76. The first kappa shape index (κ1) is 19.6. The van der Waals surface area contributed by atoms with Crippen molar-refractivity contribution in [3.63, 3.8) is 0 Å². The molecule has 0 unspecified atom stereocenters. The van der Waals surface area contributed by atoms with Gasteiger partial charge < -0.3 is 16.0 Å². The molecule has 3 rings (SSSR count). The number of aromatic nitrogens is 4. The third kappa shape index (κ3) is 4.56. The highest BCUT2D eigenvalue weighted by Crippen LogP contribution is 2.29. The topological polar surface area (TPSA) is 96.8 Å². The fourth-order valence-corrected chi connectivity index (χ4v) is 2.55. The summed E-state index contributed by atoms with van der Waals surface area (Å²) in [6.45, 7) is 3.37. The van der Waals surface area contributed by atoms with Gasteiger partial charge in [0.1, 0.15) is 10.8 Å². The van der Waals surface area contributed by atoms with Crippen molar-refractivity contribution in [1.82, 2.24) is 19.7 Å². The molecule has 3 N–H and O–H groups in total. The van der Waals surface area contributed by atoms with E-state index in [4.69, 9.17) is 23.2 Å². The molecular weight excluding hydrogens is 408 g/mol. The molecule has 11 heteroatoms. The number of carbonyl (C=O) groups is 1. The lowest BCUT2D eigenvalue weighted by Crippen LogP contribution is -2.08. The molecule has 144 valence electrons. The van der Waals surface area contributed by atoms with Crippen LogP contribution in [0.25, 0.3) is 0 Å². The molecule has 0 radical (unpaired) electrons. The average molecular weight is 422 g/mol. The van der Waals surface area contributed by atoms with Crippen LogP contribution in [0.5, 0.6) is 0 Å². The summed E-state index contributed by atoms with van der Waals surface area (Å²) in [5, 5.41) is 12.7. The molecule has 0 spiro atoms. The van der Waals surface area contributed by atoms with Crippen molar-refractivity contribution in [1.29, 1.82) is 0 Å². The number of anilines is 5. The van der Waals surface area contributed by atoms with E-state index in [1.165, 1.54) is 29.1 Å². The maximum absolute atomic E-state index is 14.2. The van der Waals surface area contributed by atoms with Crippen molar-refractivity contribution < 1.29 is 9.18 Å². The summed E-state index contributed by atoms with van der Waals surface area (Å²) < 4.78 is 15.7. The minimum Gasteiger partial charge on any atom is -0.336 e. The number of halogens is 3. The second-order valence-electron chi connectivity index (χ2n) is 5.54. The fourth-order valence-electron chi connectivity index (χ4n) is 2.20. The number of nitrogens with zero attached hydrogens (tertiary/aromatic N) is 4. The third-order valence-electron chi connectivity index (χ3n) is 3.45. The van der Waals surface area contributed by atoms with Crippen molar-refractivity contribution >= 4 is 57.9 Å². The van der Waals surface area contributed by atoms with Crippen LogP contribution < -0.4 is 16.0 Å². The van der Waals surface area contributed by atoms with Crippen LogP contribution in [0.2, 0.25) is 10.2 Å². The lowest BCUT2D eigenvalue weighted by molar-refractivity contribution is -0.111. The van der Waals surface area contributed by atoms with Crippen molar-refractivity contribution in [3.05, 3.63) is 59.2 Å². The van der Waals surface area contributed by atoms with Crippen LogP contribution >= 0.6 is 23.2 Å². The largest absolute Gasteiger partial charge is 0.336 e. The molecule has 2 aromatic heterocycles. The van der Waals surface area contributed by atoms with E-state index >= 15 is 0 Å². The summed E-state index contributed by atoms with van der Waals surface area (Å²) in [5.74, 6) is -0.642. The van der Waals surface area contributed by atoms with Gasteiger partial charge in [-0.1, -0.05) is 29.8 Å². The molecule has 0 aliphatic carbocycles. The minimum absolute atomic E-state index is 0.0628. The Hall–Kier alpha value is -3.17. The zero-order valence-electron chi connectivity index (χ0n) is 14.5. The van der Waals surface area contributed by atoms with Crippen molar-refractivity contribution in [3.8, 4) is 0 Å². The Balaban J connectivity index is 1.86. The van der Waals surface area contributed by atoms with E-state index in [0.29, 0.717) is 11.4 Å². The maximum Gasteiger partial charge on any atom is 0.247 e. The van der Waals surface area contributed by atoms with E-state index in [2.05, 4.69) is 37.6 Å². The molecule has 1 aromatic carbocycles. The van der Waals surface area contributed by atoms with Crippen LogP contribution in [0, 0.1) is 5.82 Å². The number of rotatable bonds is 6. The summed E-state index contributed by atoms with van der Waals surface area (Å²) in [7, 11) is 1.72. The highest BCUT2D eigenvalue weighted by molar-refractivity contribution is 6.33. The Morgan fingerprint density at radius 1 is 1.29 bits per heavy atom. The summed E-state index contributed by atoms with van der Waals surface area (Å²) in [6.07, 6.45) is 4.11. The van der Waals surface area contributed by atoms with E-state index in [1.54, 1.807) is 13.2 Å². The van der Waals surface area contributed by atoms with Crippen LogP contribution in [0.1, 0.15) is 0 Å². The highest BCUT2D eigenvalue weighted by Gasteiger charge is 2.12. The first-order chi connectivity index (χ1) is 13.4. The van der Waals surface area contributed by atoms with Gasteiger partial charge in [0.25, 0.3) is 0 Å². The first-order valence-corrected chi connectivity index (χ1v) is 8.60. The van der Waals surface area contributed by atoms with Gasteiger partial charge in [0, 0.05) is 18.9 Å². The molecule has 0 bridgehead atoms. The van der Waals surface area contributed by atoms with Gasteiger partial charge in [0.05, 0.1) is 17.6 Å². The first-order valence-electron chi connectivity index (χ1n) is 7.84. The quantitative estimate of drug-likeness (QED) is 0.514. The van der Waals surface area contributed by atoms with E-state index in [1.807, 2.05) is 0 Å². The number of nitrogens with one attached hydrogen (secondary N) is 3. The van der Waals surface area contributed by atoms with Crippen LogP contribution in [-0.4, -0.2) is 25.7 Å². The van der Waals surface area contributed by atoms with Crippen molar-refractivity contribution in [2.45, 2.75) is 0 Å². The van der Waals surface area contributed by atoms with E-state index < -0.39 is 11.7 Å². The van der Waals surface area contributed by atoms with Gasteiger partial charge in [0.2, 0.25) is 11.9 Å². The van der Waals surface area contributed by atoms with Crippen molar-refractivity contribution in [2.24, 2.45) is 7.05 Å². The SMILES string of the molecule is C=CC(=O)Nc1ccc(F)c(Nc2nc(Nc3cn(C)nc3Cl)ncc2Cl)c1. The number of amides is 1. The lowest BCUT2D eigenvalue weighted by atomic mass is 10.2. The lowest BCUT2D eigenvalue weighted by Gasteiger charge is -2.12. The number of aryl methyl sites for hydroxylation is 1. The van der Waals surface area contributed by atoms with E-state index in [-0.39, 0.29) is 27.6 Å². The molecule has 0 fully saturated rings. The molecule has 0 saturated carbocycles. The van der Waals surface area contributed by atoms with Gasteiger partial charge in [-0.2, -0.15) is 10.1 Å². The zero-order valence-corrected chi connectivity index (χ0v) is 16.0. The summed E-state index contributed by atoms with van der Waals surface area (Å²) >= 11 is 12.1. The predicted octanol–water partition coefficient (Wildman–Crippen LogP) is 4.27. The minimum atomic E-state index is -0.559.